The van der Waals surface area contributed by atoms with E-state index < -0.39 is 11.5 Å². The summed E-state index contributed by atoms with van der Waals surface area (Å²) in [6, 6.07) is 13.3. The summed E-state index contributed by atoms with van der Waals surface area (Å²) < 4.78 is 6.44. The van der Waals surface area contributed by atoms with Crippen molar-refractivity contribution in [2.45, 2.75) is 6.54 Å². The fourth-order valence-electron chi connectivity index (χ4n) is 2.55. The van der Waals surface area contributed by atoms with E-state index in [0.717, 1.165) is 5.56 Å². The Balaban J connectivity index is 1.86. The maximum absolute atomic E-state index is 12.6. The molecule has 1 aromatic heterocycles. The Kier molecular flexibility index (Phi) is 6.29. The minimum absolute atomic E-state index is 0.0533. The van der Waals surface area contributed by atoms with Gasteiger partial charge in [0, 0.05) is 11.9 Å². The molecule has 0 spiro atoms. The van der Waals surface area contributed by atoms with Crippen molar-refractivity contribution in [2.24, 2.45) is 0 Å². The monoisotopic (exact) mass is 436 g/mol. The molecule has 0 aliphatic rings. The van der Waals surface area contributed by atoms with Crippen LogP contribution in [0.5, 0.6) is 5.75 Å². The van der Waals surface area contributed by atoms with Crippen LogP contribution in [0.1, 0.15) is 15.9 Å². The molecule has 1 N–H and O–H groups in total. The van der Waals surface area contributed by atoms with Crippen LogP contribution in [0.4, 0.5) is 5.69 Å². The van der Waals surface area contributed by atoms with Crippen LogP contribution in [-0.2, 0) is 6.54 Å². The van der Waals surface area contributed by atoms with Gasteiger partial charge in [0.05, 0.1) is 29.3 Å². The van der Waals surface area contributed by atoms with Crippen LogP contribution in [0, 0.1) is 0 Å². The molecule has 0 saturated carbocycles. The van der Waals surface area contributed by atoms with Gasteiger partial charge in [0.15, 0.2) is 0 Å². The van der Waals surface area contributed by atoms with Crippen LogP contribution in [0.2, 0.25) is 15.1 Å². The third kappa shape index (κ3) is 4.68. The van der Waals surface area contributed by atoms with Crippen molar-refractivity contribution in [3.63, 3.8) is 0 Å². The van der Waals surface area contributed by atoms with E-state index in [0.29, 0.717) is 21.5 Å². The Bertz CT molecular complexity index is 1080. The molecule has 5 nitrogen and oxygen atoms in total. The van der Waals surface area contributed by atoms with Crippen molar-refractivity contribution in [3.05, 3.63) is 91.3 Å². The first-order valence-electron chi connectivity index (χ1n) is 8.16. The number of pyridine rings is 1. The molecule has 0 fully saturated rings. The highest BCUT2D eigenvalue weighted by molar-refractivity contribution is 6.42. The second kappa shape index (κ2) is 8.69. The van der Waals surface area contributed by atoms with Gasteiger partial charge >= 0.3 is 0 Å². The first-order valence-corrected chi connectivity index (χ1v) is 9.30. The standard InChI is InChI=1S/C20H15Cl3N2O3/c1-28-15-5-3-14(4-6-15)24-19(26)13-9-18(23)20(27)25(11-13)10-12-2-7-16(21)17(22)8-12/h2-9,11H,10H2,1H3,(H,24,26). The summed E-state index contributed by atoms with van der Waals surface area (Å²) >= 11 is 18.0. The molecule has 0 saturated heterocycles. The zero-order chi connectivity index (χ0) is 20.3. The second-order valence-corrected chi connectivity index (χ2v) is 7.16. The van der Waals surface area contributed by atoms with Crippen molar-refractivity contribution in [2.75, 3.05) is 12.4 Å². The van der Waals surface area contributed by atoms with Gasteiger partial charge in [-0.15, -0.1) is 0 Å². The number of amides is 1. The molecular formula is C20H15Cl3N2O3. The van der Waals surface area contributed by atoms with E-state index in [2.05, 4.69) is 5.32 Å². The summed E-state index contributed by atoms with van der Waals surface area (Å²) in [7, 11) is 1.56. The first kappa shape index (κ1) is 20.3. The summed E-state index contributed by atoms with van der Waals surface area (Å²) in [5.41, 5.74) is 1.18. The number of nitrogens with one attached hydrogen (secondary N) is 1. The SMILES string of the molecule is COc1ccc(NC(=O)c2cc(Cl)c(=O)n(Cc3ccc(Cl)c(Cl)c3)c2)cc1. The molecular weight excluding hydrogens is 423 g/mol. The lowest BCUT2D eigenvalue weighted by molar-refractivity contribution is 0.102. The number of benzene rings is 2. The Morgan fingerprint density at radius 3 is 2.36 bits per heavy atom. The van der Waals surface area contributed by atoms with Crippen LogP contribution in [-0.4, -0.2) is 17.6 Å². The fourth-order valence-corrected chi connectivity index (χ4v) is 3.10. The Morgan fingerprint density at radius 1 is 1.00 bits per heavy atom. The number of anilines is 1. The van der Waals surface area contributed by atoms with E-state index >= 15 is 0 Å². The summed E-state index contributed by atoms with van der Waals surface area (Å²) in [6.45, 7) is 0.194. The summed E-state index contributed by atoms with van der Waals surface area (Å²) in [5, 5.41) is 3.50. The molecule has 3 rings (SSSR count). The topological polar surface area (TPSA) is 60.3 Å². The number of carbonyl (C=O) groups excluding carboxylic acids is 1. The van der Waals surface area contributed by atoms with E-state index in [1.807, 2.05) is 0 Å². The van der Waals surface area contributed by atoms with Crippen molar-refractivity contribution >= 4 is 46.4 Å². The smallest absolute Gasteiger partial charge is 0.269 e. The molecule has 8 heteroatoms. The average molecular weight is 438 g/mol. The van der Waals surface area contributed by atoms with Gasteiger partial charge in [-0.1, -0.05) is 40.9 Å². The number of methoxy groups -OCH3 is 1. The molecule has 0 atom stereocenters. The van der Waals surface area contributed by atoms with E-state index in [1.165, 1.54) is 16.8 Å². The number of rotatable bonds is 5. The molecule has 3 aromatic rings. The number of hydrogen-bond donors (Lipinski definition) is 1. The summed E-state index contributed by atoms with van der Waals surface area (Å²) in [4.78, 5) is 24.9. The highest BCUT2D eigenvalue weighted by atomic mass is 35.5. The van der Waals surface area contributed by atoms with E-state index in [9.17, 15) is 9.59 Å². The minimum Gasteiger partial charge on any atom is -0.497 e. The van der Waals surface area contributed by atoms with E-state index in [4.69, 9.17) is 39.5 Å². The zero-order valence-corrected chi connectivity index (χ0v) is 17.0. The highest BCUT2D eigenvalue weighted by Crippen LogP contribution is 2.23. The molecule has 0 radical (unpaired) electrons. The summed E-state index contributed by atoms with van der Waals surface area (Å²) in [6.07, 6.45) is 1.45. The highest BCUT2D eigenvalue weighted by Gasteiger charge is 2.13. The lowest BCUT2D eigenvalue weighted by atomic mass is 10.2. The van der Waals surface area contributed by atoms with Crippen molar-refractivity contribution < 1.29 is 9.53 Å². The molecule has 0 bridgehead atoms. The van der Waals surface area contributed by atoms with Gasteiger partial charge in [0.2, 0.25) is 0 Å². The van der Waals surface area contributed by atoms with E-state index in [-0.39, 0.29) is 17.1 Å². The van der Waals surface area contributed by atoms with Crippen molar-refractivity contribution in [3.8, 4) is 5.75 Å². The second-order valence-electron chi connectivity index (χ2n) is 5.94. The predicted molar refractivity (Wildman–Crippen MR) is 112 cm³/mol. The number of carbonyl (C=O) groups is 1. The molecule has 0 unspecified atom stereocenters. The molecule has 144 valence electrons. The predicted octanol–water partition coefficient (Wildman–Crippen LogP) is 5.12. The van der Waals surface area contributed by atoms with Gasteiger partial charge in [-0.3, -0.25) is 9.59 Å². The fraction of sp³-hybridized carbons (Fsp3) is 0.100. The molecule has 28 heavy (non-hydrogen) atoms. The maximum Gasteiger partial charge on any atom is 0.269 e. The third-order valence-electron chi connectivity index (χ3n) is 3.99. The van der Waals surface area contributed by atoms with Gasteiger partial charge < -0.3 is 14.6 Å². The molecule has 0 aliphatic heterocycles. The zero-order valence-electron chi connectivity index (χ0n) is 14.7. The number of ether oxygens (including phenoxy) is 1. The minimum atomic E-state index is -0.409. The van der Waals surface area contributed by atoms with Crippen LogP contribution < -0.4 is 15.6 Å². The quantitative estimate of drug-likeness (QED) is 0.603. The average Bonchev–Trinajstić information content (AvgIpc) is 2.68. The maximum atomic E-state index is 12.6. The Morgan fingerprint density at radius 2 is 1.71 bits per heavy atom. The largest absolute Gasteiger partial charge is 0.497 e. The lowest BCUT2D eigenvalue weighted by Gasteiger charge is -2.11. The van der Waals surface area contributed by atoms with Crippen molar-refractivity contribution in [1.29, 1.82) is 0 Å². The van der Waals surface area contributed by atoms with Crippen LogP contribution in [0.15, 0.2) is 59.5 Å². The lowest BCUT2D eigenvalue weighted by Crippen LogP contribution is -2.24. The number of aromatic nitrogens is 1. The van der Waals surface area contributed by atoms with E-state index in [1.54, 1.807) is 49.6 Å². The van der Waals surface area contributed by atoms with Gasteiger partial charge in [-0.2, -0.15) is 0 Å². The Labute approximate surface area is 176 Å². The third-order valence-corrected chi connectivity index (χ3v) is 5.00. The van der Waals surface area contributed by atoms with Gasteiger partial charge in [-0.05, 0) is 48.0 Å². The number of hydrogen-bond acceptors (Lipinski definition) is 3. The van der Waals surface area contributed by atoms with Gasteiger partial charge in [0.1, 0.15) is 10.8 Å². The molecule has 2 aromatic carbocycles. The first-order chi connectivity index (χ1) is 13.4. The van der Waals surface area contributed by atoms with Crippen molar-refractivity contribution in [1.82, 2.24) is 4.57 Å². The molecule has 0 aliphatic carbocycles. The van der Waals surface area contributed by atoms with Crippen LogP contribution >= 0.6 is 34.8 Å². The molecule has 1 amide bonds. The Hall–Kier alpha value is -2.47. The molecule has 1 heterocycles. The van der Waals surface area contributed by atoms with Crippen LogP contribution in [0.25, 0.3) is 0 Å². The van der Waals surface area contributed by atoms with Gasteiger partial charge in [0.25, 0.3) is 11.5 Å². The number of halogens is 3. The van der Waals surface area contributed by atoms with Crippen LogP contribution in [0.3, 0.4) is 0 Å². The normalized spacial score (nSPS) is 10.6. The van der Waals surface area contributed by atoms with Gasteiger partial charge in [-0.25, -0.2) is 0 Å². The number of nitrogens with zero attached hydrogens (tertiary/aromatic N) is 1. The summed E-state index contributed by atoms with van der Waals surface area (Å²) in [5.74, 6) is 0.283.